The van der Waals surface area contributed by atoms with E-state index in [-0.39, 0.29) is 5.91 Å². The van der Waals surface area contributed by atoms with Crippen molar-refractivity contribution in [1.82, 2.24) is 0 Å². The molecular weight excluding hydrogens is 361 g/mol. The molecule has 1 N–H and O–H groups in total. The Morgan fingerprint density at radius 3 is 2.61 bits per heavy atom. The van der Waals surface area contributed by atoms with Crippen LogP contribution in [-0.2, 0) is 0 Å². The van der Waals surface area contributed by atoms with Crippen LogP contribution in [0.4, 0.5) is 5.69 Å². The lowest BCUT2D eigenvalue weighted by Gasteiger charge is -2.08. The van der Waals surface area contributed by atoms with E-state index >= 15 is 0 Å². The first-order chi connectivity index (χ1) is 8.58. The molecule has 0 unspecified atom stereocenters. The van der Waals surface area contributed by atoms with Crippen molar-refractivity contribution in [2.24, 2.45) is 0 Å². The molecule has 0 aliphatic heterocycles. The molecule has 4 heteroatoms. The van der Waals surface area contributed by atoms with Crippen molar-refractivity contribution in [3.8, 4) is 0 Å². The number of rotatable bonds is 2. The largest absolute Gasteiger partial charge is 0.321 e. The number of nitrogens with one attached hydrogen (secondary N) is 1. The van der Waals surface area contributed by atoms with Gasteiger partial charge in [0.2, 0.25) is 0 Å². The van der Waals surface area contributed by atoms with Crippen LogP contribution < -0.4 is 5.32 Å². The first-order valence-electron chi connectivity index (χ1n) is 5.40. The zero-order valence-electron chi connectivity index (χ0n) is 9.71. The molecule has 18 heavy (non-hydrogen) atoms. The lowest BCUT2D eigenvalue weighted by Crippen LogP contribution is -2.12. The highest BCUT2D eigenvalue weighted by molar-refractivity contribution is 14.1. The maximum absolute atomic E-state index is 12.1. The van der Waals surface area contributed by atoms with E-state index in [0.717, 1.165) is 9.13 Å². The van der Waals surface area contributed by atoms with Crippen LogP contribution in [0.1, 0.15) is 15.9 Å². The second-order valence-electron chi connectivity index (χ2n) is 3.90. The minimum atomic E-state index is -0.152. The summed E-state index contributed by atoms with van der Waals surface area (Å²) in [6, 6.07) is 12.8. The van der Waals surface area contributed by atoms with E-state index in [1.165, 1.54) is 0 Å². The van der Waals surface area contributed by atoms with Gasteiger partial charge in [-0.1, -0.05) is 29.8 Å². The Morgan fingerprint density at radius 2 is 1.94 bits per heavy atom. The second kappa shape index (κ2) is 5.71. The number of hydrogen-bond donors (Lipinski definition) is 1. The van der Waals surface area contributed by atoms with Crippen molar-refractivity contribution in [1.29, 1.82) is 0 Å². The summed E-state index contributed by atoms with van der Waals surface area (Å²) in [5.41, 5.74) is 2.41. The quantitative estimate of drug-likeness (QED) is 0.774. The average Bonchev–Trinajstić information content (AvgIpc) is 2.35. The minimum Gasteiger partial charge on any atom is -0.321 e. The molecule has 1 amide bonds. The first kappa shape index (κ1) is 13.4. The molecule has 0 bridgehead atoms. The second-order valence-corrected chi connectivity index (χ2v) is 5.47. The maximum atomic E-state index is 12.1. The highest BCUT2D eigenvalue weighted by Gasteiger charge is 2.09. The molecule has 0 aliphatic rings. The molecule has 0 radical (unpaired) electrons. The average molecular weight is 372 g/mol. The number of aryl methyl sites for hydroxylation is 1. The summed E-state index contributed by atoms with van der Waals surface area (Å²) in [5.74, 6) is -0.152. The molecule has 0 saturated heterocycles. The van der Waals surface area contributed by atoms with Crippen LogP contribution in [0.2, 0.25) is 5.02 Å². The van der Waals surface area contributed by atoms with Crippen LogP contribution >= 0.6 is 34.2 Å². The molecule has 92 valence electrons. The fourth-order valence-electron chi connectivity index (χ4n) is 1.49. The highest BCUT2D eigenvalue weighted by atomic mass is 127. The molecule has 0 aliphatic carbocycles. The van der Waals surface area contributed by atoms with E-state index < -0.39 is 0 Å². The van der Waals surface area contributed by atoms with Gasteiger partial charge in [-0.25, -0.2) is 0 Å². The number of carbonyl (C=O) groups is 1. The van der Waals surface area contributed by atoms with E-state index in [1.54, 1.807) is 12.1 Å². The third-order valence-electron chi connectivity index (χ3n) is 2.56. The van der Waals surface area contributed by atoms with Gasteiger partial charge < -0.3 is 5.32 Å². The Kier molecular flexibility index (Phi) is 4.24. The van der Waals surface area contributed by atoms with Crippen molar-refractivity contribution in [3.63, 3.8) is 0 Å². The van der Waals surface area contributed by atoms with Gasteiger partial charge in [0, 0.05) is 9.13 Å². The van der Waals surface area contributed by atoms with Gasteiger partial charge in [0.15, 0.2) is 0 Å². The molecule has 2 aromatic rings. The van der Waals surface area contributed by atoms with Gasteiger partial charge >= 0.3 is 0 Å². The summed E-state index contributed by atoms with van der Waals surface area (Å²) in [7, 11) is 0. The van der Waals surface area contributed by atoms with Gasteiger partial charge in [-0.15, -0.1) is 0 Å². The van der Waals surface area contributed by atoms with E-state index in [0.29, 0.717) is 16.3 Å². The number of carbonyl (C=O) groups excluding carboxylic acids is 1. The molecule has 0 fully saturated rings. The molecule has 0 spiro atoms. The van der Waals surface area contributed by atoms with Crippen LogP contribution in [0, 0.1) is 10.5 Å². The Bertz CT molecular complexity index is 598. The van der Waals surface area contributed by atoms with E-state index in [4.69, 9.17) is 11.6 Å². The predicted octanol–water partition coefficient (Wildman–Crippen LogP) is 4.51. The maximum Gasteiger partial charge on any atom is 0.255 e. The summed E-state index contributed by atoms with van der Waals surface area (Å²) in [4.78, 5) is 12.1. The number of para-hydroxylation sites is 1. The lowest BCUT2D eigenvalue weighted by atomic mass is 10.1. The first-order valence-corrected chi connectivity index (χ1v) is 6.85. The zero-order valence-corrected chi connectivity index (χ0v) is 12.6. The predicted molar refractivity (Wildman–Crippen MR) is 83.3 cm³/mol. The third kappa shape index (κ3) is 3.03. The fourth-order valence-corrected chi connectivity index (χ4v) is 2.19. The smallest absolute Gasteiger partial charge is 0.255 e. The summed E-state index contributed by atoms with van der Waals surface area (Å²) in [6.45, 7) is 2.01. The molecule has 0 saturated carbocycles. The molecule has 2 nitrogen and oxygen atoms in total. The summed E-state index contributed by atoms with van der Waals surface area (Å²) < 4.78 is 1.07. The Morgan fingerprint density at radius 1 is 1.22 bits per heavy atom. The van der Waals surface area contributed by atoms with E-state index in [2.05, 4.69) is 27.9 Å². The zero-order chi connectivity index (χ0) is 13.1. The van der Waals surface area contributed by atoms with Crippen LogP contribution in [-0.4, -0.2) is 5.91 Å². The van der Waals surface area contributed by atoms with Crippen LogP contribution in [0.15, 0.2) is 42.5 Å². The third-order valence-corrected chi connectivity index (χ3v) is 4.05. The SMILES string of the molecule is Cc1ccc(C(=O)Nc2ccccc2Cl)cc1I. The van der Waals surface area contributed by atoms with Crippen LogP contribution in [0.5, 0.6) is 0 Å². The van der Waals surface area contributed by atoms with Crippen LogP contribution in [0.3, 0.4) is 0 Å². The number of amides is 1. The minimum absolute atomic E-state index is 0.152. The van der Waals surface area contributed by atoms with Crippen molar-refractivity contribution in [2.45, 2.75) is 6.92 Å². The molecule has 0 atom stereocenters. The van der Waals surface area contributed by atoms with Crippen LogP contribution in [0.25, 0.3) is 0 Å². The molecule has 2 aromatic carbocycles. The van der Waals surface area contributed by atoms with Gasteiger partial charge in [0.25, 0.3) is 5.91 Å². The van der Waals surface area contributed by atoms with Gasteiger partial charge in [0.05, 0.1) is 10.7 Å². The van der Waals surface area contributed by atoms with Gasteiger partial charge in [-0.05, 0) is 59.3 Å². The van der Waals surface area contributed by atoms with E-state index in [9.17, 15) is 4.79 Å². The summed E-state index contributed by atoms with van der Waals surface area (Å²) in [6.07, 6.45) is 0. The van der Waals surface area contributed by atoms with Crippen molar-refractivity contribution in [2.75, 3.05) is 5.32 Å². The number of halogens is 2. The highest BCUT2D eigenvalue weighted by Crippen LogP contribution is 2.21. The monoisotopic (exact) mass is 371 g/mol. The van der Waals surface area contributed by atoms with Crippen molar-refractivity contribution < 1.29 is 4.79 Å². The number of hydrogen-bond acceptors (Lipinski definition) is 1. The van der Waals surface area contributed by atoms with E-state index in [1.807, 2.05) is 37.3 Å². The fraction of sp³-hybridized carbons (Fsp3) is 0.0714. The van der Waals surface area contributed by atoms with Gasteiger partial charge in [-0.2, -0.15) is 0 Å². The lowest BCUT2D eigenvalue weighted by molar-refractivity contribution is 0.102. The summed E-state index contributed by atoms with van der Waals surface area (Å²) in [5, 5.41) is 3.33. The molecule has 0 aromatic heterocycles. The normalized spacial score (nSPS) is 10.2. The Hall–Kier alpha value is -1.07. The van der Waals surface area contributed by atoms with Crippen molar-refractivity contribution in [3.05, 3.63) is 62.2 Å². The topological polar surface area (TPSA) is 29.1 Å². The number of anilines is 1. The Labute approximate surface area is 124 Å². The van der Waals surface area contributed by atoms with Crippen molar-refractivity contribution >= 4 is 45.8 Å². The molecule has 2 rings (SSSR count). The number of benzene rings is 2. The summed E-state index contributed by atoms with van der Waals surface area (Å²) >= 11 is 8.21. The van der Waals surface area contributed by atoms with Gasteiger partial charge in [0.1, 0.15) is 0 Å². The van der Waals surface area contributed by atoms with Gasteiger partial charge in [-0.3, -0.25) is 4.79 Å². The molecule has 0 heterocycles. The molecular formula is C14H11ClINO. The standard InChI is InChI=1S/C14H11ClINO/c1-9-6-7-10(8-12(9)16)14(18)17-13-5-3-2-4-11(13)15/h2-8H,1H3,(H,17,18). The Balaban J connectivity index is 2.22.